The largest absolute Gasteiger partial charge is 0.468 e. The lowest BCUT2D eigenvalue weighted by atomic mass is 9.77. The molecule has 0 amide bonds. The van der Waals surface area contributed by atoms with Crippen molar-refractivity contribution in [1.29, 1.82) is 0 Å². The Bertz CT molecular complexity index is 392. The predicted octanol–water partition coefficient (Wildman–Crippen LogP) is 0.747. The van der Waals surface area contributed by atoms with E-state index >= 15 is 0 Å². The normalized spacial score (nSPS) is 14.1. The number of carbonyl (C=O) groups excluding carboxylic acids is 1. The van der Waals surface area contributed by atoms with E-state index in [2.05, 4.69) is 0 Å². The van der Waals surface area contributed by atoms with E-state index in [9.17, 15) is 4.79 Å². The molecule has 1 rings (SSSR count). The van der Waals surface area contributed by atoms with Crippen molar-refractivity contribution in [3.05, 3.63) is 35.4 Å². The second kappa shape index (κ2) is 5.80. The van der Waals surface area contributed by atoms with E-state index in [0.717, 1.165) is 11.1 Å². The molecule has 1 aromatic carbocycles. The van der Waals surface area contributed by atoms with Crippen molar-refractivity contribution in [2.75, 3.05) is 20.3 Å². The van der Waals surface area contributed by atoms with Crippen molar-refractivity contribution in [3.8, 4) is 0 Å². The van der Waals surface area contributed by atoms with Gasteiger partial charge in [-0.25, -0.2) is 0 Å². The van der Waals surface area contributed by atoms with Gasteiger partial charge in [0.15, 0.2) is 0 Å². The maximum absolute atomic E-state index is 12.0. The van der Waals surface area contributed by atoms with Crippen LogP contribution in [0.4, 0.5) is 0 Å². The van der Waals surface area contributed by atoms with Crippen LogP contribution in [0.25, 0.3) is 0 Å². The summed E-state index contributed by atoms with van der Waals surface area (Å²) >= 11 is 0. The van der Waals surface area contributed by atoms with Gasteiger partial charge in [0, 0.05) is 13.2 Å². The molecule has 17 heavy (non-hydrogen) atoms. The first-order chi connectivity index (χ1) is 8.10. The molecule has 0 saturated heterocycles. The highest BCUT2D eigenvalue weighted by Gasteiger charge is 2.39. The molecule has 0 fully saturated rings. The van der Waals surface area contributed by atoms with Gasteiger partial charge in [-0.2, -0.15) is 0 Å². The Morgan fingerprint density at radius 3 is 2.71 bits per heavy atom. The number of hydrogen-bond acceptors (Lipinski definition) is 4. The van der Waals surface area contributed by atoms with Crippen LogP contribution in [-0.2, 0) is 14.9 Å². The van der Waals surface area contributed by atoms with Crippen LogP contribution in [0, 0.1) is 6.92 Å². The van der Waals surface area contributed by atoms with Gasteiger partial charge >= 0.3 is 5.97 Å². The summed E-state index contributed by atoms with van der Waals surface area (Å²) in [6.45, 7) is 1.95. The smallest absolute Gasteiger partial charge is 0.317 e. The summed E-state index contributed by atoms with van der Waals surface area (Å²) in [5.74, 6) is -0.403. The molecule has 0 radical (unpaired) electrons. The van der Waals surface area contributed by atoms with Crippen molar-refractivity contribution in [1.82, 2.24) is 0 Å². The first-order valence-corrected chi connectivity index (χ1v) is 5.57. The van der Waals surface area contributed by atoms with Crippen LogP contribution in [-0.4, -0.2) is 31.3 Å². The van der Waals surface area contributed by atoms with Crippen molar-refractivity contribution in [2.24, 2.45) is 5.73 Å². The third kappa shape index (κ3) is 2.65. The topological polar surface area (TPSA) is 72.5 Å². The van der Waals surface area contributed by atoms with Crippen LogP contribution in [0.1, 0.15) is 17.5 Å². The van der Waals surface area contributed by atoms with E-state index in [4.69, 9.17) is 15.6 Å². The van der Waals surface area contributed by atoms with Crippen molar-refractivity contribution >= 4 is 5.97 Å². The number of carbonyl (C=O) groups is 1. The number of nitrogens with two attached hydrogens (primary N) is 1. The molecule has 3 N–H and O–H groups in total. The van der Waals surface area contributed by atoms with E-state index in [0.29, 0.717) is 0 Å². The number of aryl methyl sites for hydroxylation is 1. The Morgan fingerprint density at radius 1 is 1.53 bits per heavy atom. The standard InChI is InChI=1S/C13H19NO3/c1-10-4-3-5-11(8-10)13(9-14,6-7-15)12(16)17-2/h3-5,8,15H,6-7,9,14H2,1-2H3. The van der Waals surface area contributed by atoms with Crippen molar-refractivity contribution in [2.45, 2.75) is 18.8 Å². The van der Waals surface area contributed by atoms with Crippen LogP contribution >= 0.6 is 0 Å². The molecular formula is C13H19NO3. The minimum Gasteiger partial charge on any atom is -0.468 e. The number of rotatable bonds is 5. The third-order valence-electron chi connectivity index (χ3n) is 3.03. The summed E-state index contributed by atoms with van der Waals surface area (Å²) in [6.07, 6.45) is 0.264. The van der Waals surface area contributed by atoms with Crippen molar-refractivity contribution < 1.29 is 14.6 Å². The zero-order valence-electron chi connectivity index (χ0n) is 10.3. The van der Waals surface area contributed by atoms with Gasteiger partial charge in [0.25, 0.3) is 0 Å². The Kier molecular flexibility index (Phi) is 4.66. The van der Waals surface area contributed by atoms with Crippen LogP contribution in [0.15, 0.2) is 24.3 Å². The number of hydrogen-bond donors (Lipinski definition) is 2. The van der Waals surface area contributed by atoms with Crippen LogP contribution < -0.4 is 5.73 Å². The Balaban J connectivity index is 3.25. The lowest BCUT2D eigenvalue weighted by molar-refractivity contribution is -0.148. The van der Waals surface area contributed by atoms with Gasteiger partial charge in [0.05, 0.1) is 7.11 Å². The summed E-state index contributed by atoms with van der Waals surface area (Å²) in [6, 6.07) is 7.56. The number of benzene rings is 1. The number of ether oxygens (including phenoxy) is 1. The van der Waals surface area contributed by atoms with E-state index in [1.807, 2.05) is 31.2 Å². The van der Waals surface area contributed by atoms with E-state index in [-0.39, 0.29) is 19.6 Å². The van der Waals surface area contributed by atoms with Gasteiger partial charge in [-0.15, -0.1) is 0 Å². The van der Waals surface area contributed by atoms with Crippen LogP contribution in [0.3, 0.4) is 0 Å². The molecule has 4 heteroatoms. The maximum atomic E-state index is 12.0. The minimum atomic E-state index is -0.949. The maximum Gasteiger partial charge on any atom is 0.317 e. The third-order valence-corrected chi connectivity index (χ3v) is 3.03. The molecule has 0 spiro atoms. The molecule has 94 valence electrons. The highest BCUT2D eigenvalue weighted by molar-refractivity contribution is 5.83. The van der Waals surface area contributed by atoms with E-state index in [1.165, 1.54) is 7.11 Å². The fraction of sp³-hybridized carbons (Fsp3) is 0.462. The summed E-state index contributed by atoms with van der Waals surface area (Å²) in [5.41, 5.74) is 6.63. The molecule has 1 unspecified atom stereocenters. The summed E-state index contributed by atoms with van der Waals surface area (Å²) in [5, 5.41) is 9.14. The van der Waals surface area contributed by atoms with Gasteiger partial charge in [-0.3, -0.25) is 4.79 Å². The van der Waals surface area contributed by atoms with E-state index in [1.54, 1.807) is 0 Å². The average Bonchev–Trinajstić information content (AvgIpc) is 2.35. The lowest BCUT2D eigenvalue weighted by Gasteiger charge is -2.29. The van der Waals surface area contributed by atoms with Crippen LogP contribution in [0.5, 0.6) is 0 Å². The van der Waals surface area contributed by atoms with Crippen molar-refractivity contribution in [3.63, 3.8) is 0 Å². The second-order valence-electron chi connectivity index (χ2n) is 4.12. The molecule has 0 aliphatic rings. The number of aliphatic hydroxyl groups excluding tert-OH is 1. The Morgan fingerprint density at radius 2 is 2.24 bits per heavy atom. The quantitative estimate of drug-likeness (QED) is 0.741. The summed E-state index contributed by atoms with van der Waals surface area (Å²) in [4.78, 5) is 12.0. The Hall–Kier alpha value is -1.39. The zero-order valence-corrected chi connectivity index (χ0v) is 10.3. The highest BCUT2D eigenvalue weighted by atomic mass is 16.5. The molecule has 1 aromatic rings. The molecule has 0 aliphatic heterocycles. The molecule has 0 bridgehead atoms. The van der Waals surface area contributed by atoms with Gasteiger partial charge in [-0.05, 0) is 18.9 Å². The number of aliphatic hydroxyl groups is 1. The number of methoxy groups -OCH3 is 1. The lowest BCUT2D eigenvalue weighted by Crippen LogP contribution is -2.44. The summed E-state index contributed by atoms with van der Waals surface area (Å²) in [7, 11) is 1.33. The second-order valence-corrected chi connectivity index (χ2v) is 4.12. The first kappa shape index (κ1) is 13.7. The van der Waals surface area contributed by atoms with Gasteiger partial charge in [-0.1, -0.05) is 29.8 Å². The Labute approximate surface area is 101 Å². The molecule has 0 aliphatic carbocycles. The molecule has 0 saturated carbocycles. The summed E-state index contributed by atoms with van der Waals surface area (Å²) < 4.78 is 4.82. The molecule has 1 atom stereocenters. The fourth-order valence-electron chi connectivity index (χ4n) is 2.00. The SMILES string of the molecule is COC(=O)C(CN)(CCO)c1cccc(C)c1. The zero-order chi connectivity index (χ0) is 12.9. The average molecular weight is 237 g/mol. The first-order valence-electron chi connectivity index (χ1n) is 5.57. The predicted molar refractivity (Wildman–Crippen MR) is 65.6 cm³/mol. The van der Waals surface area contributed by atoms with Gasteiger partial charge in [0.2, 0.25) is 0 Å². The molecule has 4 nitrogen and oxygen atoms in total. The molecule has 0 aromatic heterocycles. The number of esters is 1. The van der Waals surface area contributed by atoms with Gasteiger partial charge in [0.1, 0.15) is 5.41 Å². The molecular weight excluding hydrogens is 218 g/mol. The fourth-order valence-corrected chi connectivity index (χ4v) is 2.00. The van der Waals surface area contributed by atoms with Crippen LogP contribution in [0.2, 0.25) is 0 Å². The highest BCUT2D eigenvalue weighted by Crippen LogP contribution is 2.29. The minimum absolute atomic E-state index is 0.111. The van der Waals surface area contributed by atoms with E-state index < -0.39 is 11.4 Å². The van der Waals surface area contributed by atoms with Gasteiger partial charge < -0.3 is 15.6 Å². The monoisotopic (exact) mass is 237 g/mol. The molecule has 0 heterocycles.